The zero-order valence-electron chi connectivity index (χ0n) is 19.9. The highest BCUT2D eigenvalue weighted by molar-refractivity contribution is 14.0. The van der Waals surface area contributed by atoms with Crippen LogP contribution in [0.1, 0.15) is 43.7 Å². The number of halogens is 1. The van der Waals surface area contributed by atoms with Gasteiger partial charge in [0.15, 0.2) is 5.96 Å². The molecule has 1 unspecified atom stereocenters. The van der Waals surface area contributed by atoms with Crippen molar-refractivity contribution in [2.24, 2.45) is 4.99 Å². The molecule has 32 heavy (non-hydrogen) atoms. The van der Waals surface area contributed by atoms with Gasteiger partial charge >= 0.3 is 0 Å². The van der Waals surface area contributed by atoms with Gasteiger partial charge in [-0.3, -0.25) is 9.89 Å². The fourth-order valence-corrected chi connectivity index (χ4v) is 4.57. The Balaban J connectivity index is 0.00000363. The predicted octanol–water partition coefficient (Wildman–Crippen LogP) is 3.54. The topological polar surface area (TPSA) is 58.6 Å². The third-order valence-corrected chi connectivity index (χ3v) is 6.31. The number of nitrogens with zero attached hydrogens (tertiary/aromatic N) is 3. The first-order valence-corrected chi connectivity index (χ1v) is 11.7. The third kappa shape index (κ3) is 8.04. The van der Waals surface area contributed by atoms with Crippen molar-refractivity contribution in [2.45, 2.75) is 44.2 Å². The van der Waals surface area contributed by atoms with Gasteiger partial charge in [-0.25, -0.2) is 0 Å². The summed E-state index contributed by atoms with van der Waals surface area (Å²) in [6.45, 7) is 6.63. The Morgan fingerprint density at radius 1 is 1.12 bits per heavy atom. The van der Waals surface area contributed by atoms with Gasteiger partial charge in [0.2, 0.25) is 0 Å². The maximum atomic E-state index is 6.01. The molecule has 0 radical (unpaired) electrons. The Morgan fingerprint density at radius 2 is 1.88 bits per heavy atom. The summed E-state index contributed by atoms with van der Waals surface area (Å²) in [5, 5.41) is 3.66. The molecular formula is C24H41IN4O3. The van der Waals surface area contributed by atoms with Crippen molar-refractivity contribution in [1.82, 2.24) is 15.1 Å². The predicted molar refractivity (Wildman–Crippen MR) is 140 cm³/mol. The zero-order chi connectivity index (χ0) is 21.9. The van der Waals surface area contributed by atoms with E-state index in [4.69, 9.17) is 14.2 Å². The third-order valence-electron chi connectivity index (χ3n) is 6.31. The van der Waals surface area contributed by atoms with Crippen molar-refractivity contribution >= 4 is 29.9 Å². The van der Waals surface area contributed by atoms with E-state index < -0.39 is 0 Å². The van der Waals surface area contributed by atoms with E-state index in [0.29, 0.717) is 12.1 Å². The summed E-state index contributed by atoms with van der Waals surface area (Å²) in [5.41, 5.74) is 1.30. The van der Waals surface area contributed by atoms with Gasteiger partial charge in [0, 0.05) is 47.0 Å². The summed E-state index contributed by atoms with van der Waals surface area (Å²) < 4.78 is 16.6. The van der Waals surface area contributed by atoms with Gasteiger partial charge < -0.3 is 24.4 Å². The first-order valence-electron chi connectivity index (χ1n) is 11.7. The Labute approximate surface area is 210 Å². The molecule has 1 N–H and O–H groups in total. The van der Waals surface area contributed by atoms with Crippen molar-refractivity contribution in [2.75, 3.05) is 67.2 Å². The molecule has 0 aromatic heterocycles. The van der Waals surface area contributed by atoms with E-state index in [1.54, 1.807) is 14.2 Å². The van der Waals surface area contributed by atoms with Crippen molar-refractivity contribution in [3.63, 3.8) is 0 Å². The van der Waals surface area contributed by atoms with Crippen LogP contribution < -0.4 is 10.1 Å². The SMILES string of the molecule is CN=C(NCC(c1cccc(OC)c1)N1CCCC1)N1CCC(OCCCOC)CC1.I. The summed E-state index contributed by atoms with van der Waals surface area (Å²) in [7, 11) is 5.35. The Bertz CT molecular complexity index is 677. The number of rotatable bonds is 10. The van der Waals surface area contributed by atoms with Crippen molar-refractivity contribution in [1.29, 1.82) is 0 Å². The molecule has 8 heteroatoms. The van der Waals surface area contributed by atoms with E-state index in [1.165, 1.54) is 18.4 Å². The molecule has 2 heterocycles. The number of methoxy groups -OCH3 is 2. The number of likely N-dealkylation sites (tertiary alicyclic amines) is 2. The second-order valence-electron chi connectivity index (χ2n) is 8.37. The van der Waals surface area contributed by atoms with E-state index >= 15 is 0 Å². The number of nitrogens with one attached hydrogen (secondary N) is 1. The molecule has 2 saturated heterocycles. The molecule has 1 aromatic carbocycles. The molecule has 0 bridgehead atoms. The number of benzene rings is 1. The molecule has 0 spiro atoms. The minimum Gasteiger partial charge on any atom is -0.497 e. The second-order valence-corrected chi connectivity index (χ2v) is 8.37. The molecule has 2 fully saturated rings. The molecule has 3 rings (SSSR count). The quantitative estimate of drug-likeness (QED) is 0.205. The fraction of sp³-hybridized carbons (Fsp3) is 0.708. The van der Waals surface area contributed by atoms with E-state index in [0.717, 1.165) is 76.9 Å². The summed E-state index contributed by atoms with van der Waals surface area (Å²) in [4.78, 5) is 9.52. The number of aliphatic imine (C=N–C) groups is 1. The van der Waals surface area contributed by atoms with Crippen LogP contribution in [-0.2, 0) is 9.47 Å². The molecule has 0 aliphatic carbocycles. The number of guanidine groups is 1. The Hall–Kier alpha value is -1.10. The largest absolute Gasteiger partial charge is 0.497 e. The second kappa shape index (κ2) is 14.9. The number of hydrogen-bond donors (Lipinski definition) is 1. The lowest BCUT2D eigenvalue weighted by Crippen LogP contribution is -2.49. The van der Waals surface area contributed by atoms with Crippen LogP contribution in [0.4, 0.5) is 0 Å². The number of ether oxygens (including phenoxy) is 3. The van der Waals surface area contributed by atoms with Gasteiger partial charge in [0.1, 0.15) is 5.75 Å². The first kappa shape index (κ1) is 27.1. The molecule has 2 aliphatic rings. The lowest BCUT2D eigenvalue weighted by Gasteiger charge is -2.35. The summed E-state index contributed by atoms with van der Waals surface area (Å²) >= 11 is 0. The van der Waals surface area contributed by atoms with Gasteiger partial charge in [0.25, 0.3) is 0 Å². The van der Waals surface area contributed by atoms with Crippen molar-refractivity contribution in [3.05, 3.63) is 29.8 Å². The zero-order valence-corrected chi connectivity index (χ0v) is 22.3. The average molecular weight is 561 g/mol. The van der Waals surface area contributed by atoms with Crippen molar-refractivity contribution < 1.29 is 14.2 Å². The van der Waals surface area contributed by atoms with Crippen LogP contribution in [0.25, 0.3) is 0 Å². The smallest absolute Gasteiger partial charge is 0.193 e. The van der Waals surface area contributed by atoms with Gasteiger partial charge in [0.05, 0.1) is 19.3 Å². The molecule has 1 atom stereocenters. The minimum atomic E-state index is 0. The van der Waals surface area contributed by atoms with Crippen LogP contribution in [0.15, 0.2) is 29.3 Å². The lowest BCUT2D eigenvalue weighted by atomic mass is 10.0. The summed E-state index contributed by atoms with van der Waals surface area (Å²) in [5.74, 6) is 1.91. The minimum absolute atomic E-state index is 0. The highest BCUT2D eigenvalue weighted by Gasteiger charge is 2.26. The maximum Gasteiger partial charge on any atom is 0.193 e. The molecule has 0 saturated carbocycles. The molecule has 182 valence electrons. The van der Waals surface area contributed by atoms with E-state index in [2.05, 4.69) is 38.3 Å². The maximum absolute atomic E-state index is 6.01. The number of piperidine rings is 1. The lowest BCUT2D eigenvalue weighted by molar-refractivity contribution is 0.00986. The number of hydrogen-bond acceptors (Lipinski definition) is 5. The van der Waals surface area contributed by atoms with Crippen LogP contribution in [0.3, 0.4) is 0 Å². The fourth-order valence-electron chi connectivity index (χ4n) is 4.57. The van der Waals surface area contributed by atoms with E-state index in [-0.39, 0.29) is 24.0 Å². The molecule has 2 aliphatic heterocycles. The Kier molecular flexibility index (Phi) is 12.7. The standard InChI is InChI=1S/C24H40N4O3.HI/c1-25-24(28-14-10-21(11-15-28)31-17-7-16-29-2)26-19-23(27-12-4-5-13-27)20-8-6-9-22(18-20)30-3;/h6,8-9,18,21,23H,4-5,7,10-17,19H2,1-3H3,(H,25,26);1H. The normalized spacial score (nSPS) is 19.0. The first-order chi connectivity index (χ1) is 15.2. The monoisotopic (exact) mass is 560 g/mol. The van der Waals surface area contributed by atoms with Crippen molar-refractivity contribution in [3.8, 4) is 5.75 Å². The van der Waals surface area contributed by atoms with Gasteiger partial charge in [-0.2, -0.15) is 0 Å². The molecule has 1 aromatic rings. The molecule has 0 amide bonds. The van der Waals surface area contributed by atoms with Crippen LogP contribution in [0.2, 0.25) is 0 Å². The van der Waals surface area contributed by atoms with E-state index in [1.807, 2.05) is 13.1 Å². The van der Waals surface area contributed by atoms with E-state index in [9.17, 15) is 0 Å². The summed E-state index contributed by atoms with van der Waals surface area (Å²) in [6.07, 6.45) is 5.93. The van der Waals surface area contributed by atoms with Gasteiger partial charge in [-0.15, -0.1) is 24.0 Å². The summed E-state index contributed by atoms with van der Waals surface area (Å²) in [6, 6.07) is 8.79. The average Bonchev–Trinajstić information content (AvgIpc) is 3.35. The molecular weight excluding hydrogens is 519 g/mol. The van der Waals surface area contributed by atoms with Crippen LogP contribution in [-0.4, -0.2) is 89.1 Å². The highest BCUT2D eigenvalue weighted by atomic mass is 127. The Morgan fingerprint density at radius 3 is 2.53 bits per heavy atom. The molecule has 7 nitrogen and oxygen atoms in total. The van der Waals surface area contributed by atoms with Crippen LogP contribution >= 0.6 is 24.0 Å². The van der Waals surface area contributed by atoms with Gasteiger partial charge in [-0.05, 0) is 62.9 Å². The van der Waals surface area contributed by atoms with Crippen LogP contribution in [0.5, 0.6) is 5.75 Å². The highest BCUT2D eigenvalue weighted by Crippen LogP contribution is 2.27. The van der Waals surface area contributed by atoms with Crippen LogP contribution in [0, 0.1) is 0 Å². The van der Waals surface area contributed by atoms with Gasteiger partial charge in [-0.1, -0.05) is 12.1 Å².